The Kier molecular flexibility index (Phi) is 2.87. The molecule has 1 unspecified atom stereocenters. The van der Waals surface area contributed by atoms with Gasteiger partial charge in [-0.1, -0.05) is 46.3 Å². The molecule has 2 nitrogen and oxygen atoms in total. The van der Waals surface area contributed by atoms with Crippen LogP contribution in [0.1, 0.15) is 17.3 Å². The fourth-order valence-corrected chi connectivity index (χ4v) is 2.35. The third-order valence-electron chi connectivity index (χ3n) is 3.02. The van der Waals surface area contributed by atoms with Crippen molar-refractivity contribution in [2.24, 2.45) is 0 Å². The second-order valence-electron chi connectivity index (χ2n) is 4.17. The molecule has 0 aromatic heterocycles. The Hall–Kier alpha value is -1.32. The number of fused-ring (bicyclic) bond motifs is 1. The SMILES string of the molecule is Brc1ccc(C2NCc3ccccc3N2)cc1. The minimum atomic E-state index is 0.193. The van der Waals surface area contributed by atoms with E-state index < -0.39 is 0 Å². The predicted octanol–water partition coefficient (Wildman–Crippen LogP) is 3.66. The molecule has 0 spiro atoms. The van der Waals surface area contributed by atoms with Gasteiger partial charge in [0.2, 0.25) is 0 Å². The monoisotopic (exact) mass is 288 g/mol. The first-order valence-electron chi connectivity index (χ1n) is 5.66. The molecule has 86 valence electrons. The molecule has 3 rings (SSSR count). The summed E-state index contributed by atoms with van der Waals surface area (Å²) in [5.41, 5.74) is 3.79. The highest BCUT2D eigenvalue weighted by Gasteiger charge is 2.17. The first-order valence-corrected chi connectivity index (χ1v) is 6.45. The standard InChI is InChI=1S/C14H13BrN2/c15-12-7-5-10(6-8-12)14-16-9-11-3-1-2-4-13(11)17-14/h1-8,14,16-17H,9H2. The summed E-state index contributed by atoms with van der Waals surface area (Å²) in [6, 6.07) is 16.8. The summed E-state index contributed by atoms with van der Waals surface area (Å²) in [6.07, 6.45) is 0.193. The largest absolute Gasteiger partial charge is 0.366 e. The third kappa shape index (κ3) is 2.21. The van der Waals surface area contributed by atoms with Gasteiger partial charge in [-0.2, -0.15) is 0 Å². The van der Waals surface area contributed by atoms with E-state index in [4.69, 9.17) is 0 Å². The van der Waals surface area contributed by atoms with Crippen molar-refractivity contribution in [1.29, 1.82) is 0 Å². The minimum Gasteiger partial charge on any atom is -0.366 e. The van der Waals surface area contributed by atoms with E-state index in [0.29, 0.717) is 0 Å². The molecular formula is C14H13BrN2. The zero-order chi connectivity index (χ0) is 11.7. The lowest BCUT2D eigenvalue weighted by Gasteiger charge is -2.28. The lowest BCUT2D eigenvalue weighted by Crippen LogP contribution is -2.32. The summed E-state index contributed by atoms with van der Waals surface area (Å²) in [5.74, 6) is 0. The Morgan fingerprint density at radius 1 is 1.00 bits per heavy atom. The minimum absolute atomic E-state index is 0.193. The highest BCUT2D eigenvalue weighted by molar-refractivity contribution is 9.10. The highest BCUT2D eigenvalue weighted by Crippen LogP contribution is 2.26. The van der Waals surface area contributed by atoms with Gasteiger partial charge in [0.15, 0.2) is 0 Å². The maximum atomic E-state index is 3.51. The van der Waals surface area contributed by atoms with Crippen LogP contribution < -0.4 is 10.6 Å². The number of nitrogens with one attached hydrogen (secondary N) is 2. The molecule has 0 saturated carbocycles. The average Bonchev–Trinajstić information content (AvgIpc) is 2.39. The van der Waals surface area contributed by atoms with Crippen LogP contribution in [0.2, 0.25) is 0 Å². The molecule has 1 heterocycles. The molecule has 3 heteroatoms. The number of hydrogen-bond donors (Lipinski definition) is 2. The van der Waals surface area contributed by atoms with Crippen molar-refractivity contribution in [2.45, 2.75) is 12.7 Å². The van der Waals surface area contributed by atoms with Crippen LogP contribution in [-0.2, 0) is 6.54 Å². The van der Waals surface area contributed by atoms with Crippen LogP contribution in [0.4, 0.5) is 5.69 Å². The molecule has 0 fully saturated rings. The summed E-state index contributed by atoms with van der Waals surface area (Å²) in [6.45, 7) is 0.907. The van der Waals surface area contributed by atoms with Crippen LogP contribution in [0.3, 0.4) is 0 Å². The number of hydrogen-bond acceptors (Lipinski definition) is 2. The van der Waals surface area contributed by atoms with Gasteiger partial charge in [0, 0.05) is 16.7 Å². The van der Waals surface area contributed by atoms with Crippen LogP contribution in [-0.4, -0.2) is 0 Å². The molecule has 17 heavy (non-hydrogen) atoms. The van der Waals surface area contributed by atoms with Crippen molar-refractivity contribution >= 4 is 21.6 Å². The Morgan fingerprint density at radius 2 is 1.76 bits per heavy atom. The van der Waals surface area contributed by atoms with Crippen LogP contribution in [0.5, 0.6) is 0 Å². The summed E-state index contributed by atoms with van der Waals surface area (Å²) in [4.78, 5) is 0. The van der Waals surface area contributed by atoms with E-state index >= 15 is 0 Å². The van der Waals surface area contributed by atoms with Crippen molar-refractivity contribution in [2.75, 3.05) is 5.32 Å². The van der Waals surface area contributed by atoms with Crippen molar-refractivity contribution in [3.63, 3.8) is 0 Å². The Morgan fingerprint density at radius 3 is 2.59 bits per heavy atom. The van der Waals surface area contributed by atoms with Gasteiger partial charge in [-0.25, -0.2) is 0 Å². The topological polar surface area (TPSA) is 24.1 Å². The Balaban J connectivity index is 1.86. The third-order valence-corrected chi connectivity index (χ3v) is 3.55. The number of anilines is 1. The van der Waals surface area contributed by atoms with Gasteiger partial charge < -0.3 is 5.32 Å². The van der Waals surface area contributed by atoms with Gasteiger partial charge in [0.1, 0.15) is 6.17 Å². The van der Waals surface area contributed by atoms with Crippen LogP contribution in [0.15, 0.2) is 53.0 Å². The molecule has 1 aliphatic rings. The molecule has 1 atom stereocenters. The lowest BCUT2D eigenvalue weighted by molar-refractivity contribution is 0.566. The number of para-hydroxylation sites is 1. The fraction of sp³-hybridized carbons (Fsp3) is 0.143. The molecular weight excluding hydrogens is 276 g/mol. The van der Waals surface area contributed by atoms with Gasteiger partial charge in [-0.05, 0) is 29.3 Å². The maximum Gasteiger partial charge on any atom is 0.103 e. The van der Waals surface area contributed by atoms with Crippen LogP contribution in [0.25, 0.3) is 0 Å². The second-order valence-corrected chi connectivity index (χ2v) is 5.08. The van der Waals surface area contributed by atoms with E-state index in [1.165, 1.54) is 16.8 Å². The van der Waals surface area contributed by atoms with E-state index in [-0.39, 0.29) is 6.17 Å². The molecule has 2 aromatic rings. The summed E-state index contributed by atoms with van der Waals surface area (Å²) in [5, 5.41) is 6.99. The van der Waals surface area contributed by atoms with E-state index in [9.17, 15) is 0 Å². The van der Waals surface area contributed by atoms with E-state index in [2.05, 4.69) is 75.1 Å². The van der Waals surface area contributed by atoms with Gasteiger partial charge in [-0.15, -0.1) is 0 Å². The molecule has 1 aliphatic heterocycles. The van der Waals surface area contributed by atoms with Crippen molar-refractivity contribution < 1.29 is 0 Å². The molecule has 2 N–H and O–H groups in total. The fourth-order valence-electron chi connectivity index (χ4n) is 2.09. The zero-order valence-corrected chi connectivity index (χ0v) is 10.9. The molecule has 0 saturated heterocycles. The van der Waals surface area contributed by atoms with E-state index in [1.807, 2.05) is 0 Å². The Labute approximate surface area is 109 Å². The van der Waals surface area contributed by atoms with Crippen LogP contribution in [0, 0.1) is 0 Å². The maximum absolute atomic E-state index is 3.51. The van der Waals surface area contributed by atoms with Crippen molar-refractivity contribution in [1.82, 2.24) is 5.32 Å². The van der Waals surface area contributed by atoms with Gasteiger partial charge in [0.25, 0.3) is 0 Å². The summed E-state index contributed by atoms with van der Waals surface area (Å²) >= 11 is 3.45. The van der Waals surface area contributed by atoms with Gasteiger partial charge in [-0.3, -0.25) is 5.32 Å². The summed E-state index contributed by atoms with van der Waals surface area (Å²) in [7, 11) is 0. The molecule has 0 amide bonds. The van der Waals surface area contributed by atoms with Crippen LogP contribution >= 0.6 is 15.9 Å². The van der Waals surface area contributed by atoms with Crippen molar-refractivity contribution in [3.05, 3.63) is 64.1 Å². The summed E-state index contributed by atoms with van der Waals surface area (Å²) < 4.78 is 1.11. The number of halogens is 1. The van der Waals surface area contributed by atoms with Gasteiger partial charge >= 0.3 is 0 Å². The van der Waals surface area contributed by atoms with Crippen molar-refractivity contribution in [3.8, 4) is 0 Å². The van der Waals surface area contributed by atoms with Gasteiger partial charge in [0.05, 0.1) is 0 Å². The highest BCUT2D eigenvalue weighted by atomic mass is 79.9. The first-order chi connectivity index (χ1) is 8.33. The second kappa shape index (κ2) is 4.51. The molecule has 0 radical (unpaired) electrons. The molecule has 0 bridgehead atoms. The lowest BCUT2D eigenvalue weighted by atomic mass is 10.1. The average molecular weight is 289 g/mol. The smallest absolute Gasteiger partial charge is 0.103 e. The normalized spacial score (nSPS) is 18.3. The quantitative estimate of drug-likeness (QED) is 0.837. The molecule has 0 aliphatic carbocycles. The Bertz CT molecular complexity index is 522. The van der Waals surface area contributed by atoms with E-state index in [0.717, 1.165) is 11.0 Å². The number of benzene rings is 2. The zero-order valence-electron chi connectivity index (χ0n) is 9.28. The number of rotatable bonds is 1. The van der Waals surface area contributed by atoms with E-state index in [1.54, 1.807) is 0 Å². The predicted molar refractivity (Wildman–Crippen MR) is 73.8 cm³/mol. The first kappa shape index (κ1) is 10.8. The molecule has 2 aromatic carbocycles.